The van der Waals surface area contributed by atoms with Gasteiger partial charge in [0.2, 0.25) is 0 Å². The monoisotopic (exact) mass is 950 g/mol. The van der Waals surface area contributed by atoms with Gasteiger partial charge in [-0.15, -0.1) is 0 Å². The molecule has 0 aliphatic heterocycles. The van der Waals surface area contributed by atoms with E-state index in [9.17, 15) is 9.59 Å². The molecular weight excluding hydrogens is 916 g/mol. The highest BCUT2D eigenvalue weighted by Crippen LogP contribution is 2.26. The van der Waals surface area contributed by atoms with Gasteiger partial charge in [0, 0.05) is 42.5 Å². The molecule has 0 atom stereocenters. The molecule has 0 amide bonds. The summed E-state index contributed by atoms with van der Waals surface area (Å²) in [6, 6.07) is 14.6. The van der Waals surface area contributed by atoms with E-state index in [2.05, 4.69) is 74.1 Å². The van der Waals surface area contributed by atoms with Crippen molar-refractivity contribution in [3.05, 3.63) is 81.8 Å². The number of aromatic nitrogens is 8. The number of esters is 2. The standard InChI is InChI=1S/C17H18BrN5O4.C17H19N5O4.Br2/c1-25-6-7-27-17-21-13(19)12-14(22-17)23(16(18)20-12)9-10-4-3-5-11(8-10)15(24)26-2;1-24-6-7-26-17-20-14(18)13-15(21-17)22(10-19-13)9-11-4-3-5-12(8-11)16(23)25-2;1-2/h3-5,8H,6-7,9H2,1-2H3,(H2,19,21,22);3-5,8,10H,6-7,9H2,1-2H3,(H2,18,20,21);. The molecule has 0 saturated carbocycles. The fourth-order valence-corrected chi connectivity index (χ4v) is 5.42. The number of fused-ring (bicyclic) bond motifs is 2. The van der Waals surface area contributed by atoms with E-state index >= 15 is 0 Å². The number of methoxy groups -OCH3 is 4. The van der Waals surface area contributed by atoms with Gasteiger partial charge in [-0.3, -0.25) is 4.57 Å². The van der Waals surface area contributed by atoms with E-state index in [0.29, 0.717) is 77.7 Å². The van der Waals surface area contributed by atoms with Crippen LogP contribution in [0.5, 0.6) is 12.0 Å². The molecule has 0 fully saturated rings. The fraction of sp³-hybridized carbons (Fsp3) is 0.294. The van der Waals surface area contributed by atoms with Gasteiger partial charge in [-0.2, -0.15) is 19.9 Å². The van der Waals surface area contributed by atoms with Crippen molar-refractivity contribution in [2.24, 2.45) is 0 Å². The molecule has 0 unspecified atom stereocenters. The number of hydrogen-bond acceptors (Lipinski definition) is 16. The highest BCUT2D eigenvalue weighted by molar-refractivity contribution is 9.93. The van der Waals surface area contributed by atoms with E-state index < -0.39 is 5.97 Å². The first kappa shape index (κ1) is 42.8. The van der Waals surface area contributed by atoms with Crippen molar-refractivity contribution >= 4 is 90.1 Å². The Balaban J connectivity index is 0.000000234. The van der Waals surface area contributed by atoms with E-state index in [0.717, 1.165) is 11.1 Å². The lowest BCUT2D eigenvalue weighted by Gasteiger charge is -2.09. The number of carbonyl (C=O) groups is 2. The third-order valence-corrected chi connectivity index (χ3v) is 8.06. The van der Waals surface area contributed by atoms with Gasteiger partial charge in [0.1, 0.15) is 13.2 Å². The maximum Gasteiger partial charge on any atom is 0.337 e. The molecule has 0 saturated heterocycles. The molecule has 292 valence electrons. The van der Waals surface area contributed by atoms with Gasteiger partial charge in [-0.25, -0.2) is 19.6 Å². The van der Waals surface area contributed by atoms with Crippen LogP contribution in [0.4, 0.5) is 11.6 Å². The number of rotatable bonds is 14. The highest BCUT2D eigenvalue weighted by atomic mass is 80.9. The largest absolute Gasteiger partial charge is 0.465 e. The van der Waals surface area contributed by atoms with Gasteiger partial charge in [0.15, 0.2) is 38.7 Å². The van der Waals surface area contributed by atoms with Crippen molar-refractivity contribution in [3.63, 3.8) is 0 Å². The lowest BCUT2D eigenvalue weighted by molar-refractivity contribution is 0.0591. The third-order valence-electron chi connectivity index (χ3n) is 7.45. The van der Waals surface area contributed by atoms with Gasteiger partial charge in [0.05, 0.1) is 58.0 Å². The van der Waals surface area contributed by atoms with E-state index in [-0.39, 0.29) is 29.6 Å². The minimum atomic E-state index is -0.396. The summed E-state index contributed by atoms with van der Waals surface area (Å²) in [5.74, 6) is -0.325. The van der Waals surface area contributed by atoms with Crippen molar-refractivity contribution in [2.45, 2.75) is 13.1 Å². The number of nitrogens with zero attached hydrogens (tertiary/aromatic N) is 8. The molecule has 2 aromatic carbocycles. The number of benzene rings is 2. The Labute approximate surface area is 338 Å². The van der Waals surface area contributed by atoms with Crippen LogP contribution in [0.3, 0.4) is 0 Å². The highest BCUT2D eigenvalue weighted by Gasteiger charge is 2.18. The summed E-state index contributed by atoms with van der Waals surface area (Å²) in [7, 11) is 5.86. The Morgan fingerprint density at radius 2 is 1.18 bits per heavy atom. The molecule has 21 heteroatoms. The van der Waals surface area contributed by atoms with Crippen LogP contribution >= 0.6 is 44.2 Å². The second-order valence-corrected chi connectivity index (χ2v) is 11.7. The molecule has 4 N–H and O–H groups in total. The molecule has 55 heavy (non-hydrogen) atoms. The van der Waals surface area contributed by atoms with Gasteiger partial charge in [-0.05, 0) is 51.3 Å². The van der Waals surface area contributed by atoms with Crippen LogP contribution in [0.2, 0.25) is 0 Å². The molecular formula is C34H37Br3N10O8. The number of hydrogen-bond donors (Lipinski definition) is 2. The van der Waals surface area contributed by atoms with E-state index in [1.54, 1.807) is 56.9 Å². The number of nitrogen functional groups attached to an aromatic ring is 2. The van der Waals surface area contributed by atoms with Crippen LogP contribution in [-0.4, -0.2) is 106 Å². The molecule has 4 aromatic heterocycles. The minimum Gasteiger partial charge on any atom is -0.465 e. The zero-order valence-electron chi connectivity index (χ0n) is 30.1. The maximum absolute atomic E-state index is 11.7. The number of imidazole rings is 2. The van der Waals surface area contributed by atoms with Gasteiger partial charge < -0.3 is 44.5 Å². The van der Waals surface area contributed by atoms with Crippen LogP contribution in [-0.2, 0) is 32.0 Å². The minimum absolute atomic E-state index is 0.147. The summed E-state index contributed by atoms with van der Waals surface area (Å²) >= 11 is 8.93. The number of halogens is 3. The summed E-state index contributed by atoms with van der Waals surface area (Å²) in [4.78, 5) is 49.1. The summed E-state index contributed by atoms with van der Waals surface area (Å²) in [6.45, 7) is 2.31. The SMILES string of the molecule is BrBr.COCCOc1nc(N)c2nc(Br)n(Cc3cccc(C(=O)OC)c3)c2n1.COCCOc1nc(N)c2ncn(Cc3cccc(C(=O)OC)c3)c2n1. The van der Waals surface area contributed by atoms with Crippen molar-refractivity contribution in [1.82, 2.24) is 39.0 Å². The first-order valence-corrected chi connectivity index (χ1v) is 20.6. The average molecular weight is 953 g/mol. The zero-order valence-corrected chi connectivity index (χ0v) is 34.8. The summed E-state index contributed by atoms with van der Waals surface area (Å²) in [6.07, 6.45) is 1.62. The van der Waals surface area contributed by atoms with Gasteiger partial charge in [0.25, 0.3) is 0 Å². The van der Waals surface area contributed by atoms with Gasteiger partial charge in [-0.1, -0.05) is 24.3 Å². The zero-order chi connectivity index (χ0) is 39.9. The number of nitrogens with two attached hydrogens (primary N) is 2. The van der Waals surface area contributed by atoms with Crippen LogP contribution in [0.15, 0.2) is 59.6 Å². The Hall–Kier alpha value is -4.96. The predicted molar refractivity (Wildman–Crippen MR) is 214 cm³/mol. The number of ether oxygens (including phenoxy) is 6. The summed E-state index contributed by atoms with van der Waals surface area (Å²) < 4.78 is 34.5. The first-order chi connectivity index (χ1) is 26.6. The van der Waals surface area contributed by atoms with Crippen LogP contribution in [0, 0.1) is 0 Å². The predicted octanol–water partition coefficient (Wildman–Crippen LogP) is 4.99. The van der Waals surface area contributed by atoms with Crippen molar-refractivity contribution in [3.8, 4) is 12.0 Å². The lowest BCUT2D eigenvalue weighted by Crippen LogP contribution is -2.09. The van der Waals surface area contributed by atoms with E-state index in [1.165, 1.54) is 14.2 Å². The topological polar surface area (TPSA) is 229 Å². The van der Waals surface area contributed by atoms with E-state index in [4.69, 9.17) is 39.9 Å². The molecule has 0 aliphatic rings. The lowest BCUT2D eigenvalue weighted by atomic mass is 10.1. The summed E-state index contributed by atoms with van der Waals surface area (Å²) in [5, 5.41) is 0. The van der Waals surface area contributed by atoms with Crippen molar-refractivity contribution in [2.75, 3.05) is 66.3 Å². The Morgan fingerprint density at radius 1 is 0.673 bits per heavy atom. The summed E-state index contributed by atoms with van der Waals surface area (Å²) in [5.41, 5.74) is 16.7. The maximum atomic E-state index is 11.7. The molecule has 0 bridgehead atoms. The molecule has 0 spiro atoms. The third kappa shape index (κ3) is 11.3. The second kappa shape index (κ2) is 21.2. The molecule has 6 rings (SSSR count). The molecule has 18 nitrogen and oxygen atoms in total. The van der Waals surface area contributed by atoms with Crippen LogP contribution in [0.25, 0.3) is 22.3 Å². The first-order valence-electron chi connectivity index (χ1n) is 16.1. The Bertz CT molecular complexity index is 2220. The van der Waals surface area contributed by atoms with Crippen LogP contribution < -0.4 is 20.9 Å². The average Bonchev–Trinajstić information content (AvgIpc) is 3.75. The second-order valence-electron chi connectivity index (χ2n) is 11.0. The molecule has 0 radical (unpaired) electrons. The molecule has 6 aromatic rings. The van der Waals surface area contributed by atoms with Gasteiger partial charge >= 0.3 is 24.0 Å². The fourth-order valence-electron chi connectivity index (χ4n) is 4.95. The number of anilines is 2. The van der Waals surface area contributed by atoms with Crippen LogP contribution in [0.1, 0.15) is 31.8 Å². The Kier molecular flexibility index (Phi) is 16.5. The van der Waals surface area contributed by atoms with Crippen molar-refractivity contribution in [1.29, 1.82) is 0 Å². The normalized spacial score (nSPS) is 10.6. The quantitative estimate of drug-likeness (QED) is 0.0833. The number of carbonyl (C=O) groups excluding carboxylic acids is 2. The Morgan fingerprint density at radius 3 is 1.71 bits per heavy atom. The smallest absolute Gasteiger partial charge is 0.337 e. The molecule has 0 aliphatic carbocycles. The van der Waals surface area contributed by atoms with E-state index in [1.807, 2.05) is 21.3 Å². The molecule has 4 heterocycles. The van der Waals surface area contributed by atoms with Crippen molar-refractivity contribution < 1.29 is 38.0 Å².